The highest BCUT2D eigenvalue weighted by Crippen LogP contribution is 2.32. The molecule has 0 radical (unpaired) electrons. The molecule has 37 heavy (non-hydrogen) atoms. The molecule has 1 aliphatic heterocycles. The summed E-state index contributed by atoms with van der Waals surface area (Å²) in [5, 5.41) is 11.3. The molecule has 1 saturated heterocycles. The van der Waals surface area contributed by atoms with E-state index >= 15 is 0 Å². The Labute approximate surface area is 217 Å². The fraction of sp³-hybridized carbons (Fsp3) is 0.0357. The second-order valence-corrected chi connectivity index (χ2v) is 8.62. The number of para-hydroxylation sites is 2. The Morgan fingerprint density at radius 3 is 1.95 bits per heavy atom. The van der Waals surface area contributed by atoms with Crippen LogP contribution in [0.15, 0.2) is 101 Å². The van der Waals surface area contributed by atoms with Gasteiger partial charge in [0.05, 0.1) is 16.3 Å². The van der Waals surface area contributed by atoms with E-state index in [4.69, 9.17) is 16.6 Å². The van der Waals surface area contributed by atoms with Crippen molar-refractivity contribution >= 4 is 52.3 Å². The van der Waals surface area contributed by atoms with Crippen LogP contribution in [-0.2, 0) is 9.59 Å². The lowest BCUT2D eigenvalue weighted by molar-refractivity contribution is -0.384. The summed E-state index contributed by atoms with van der Waals surface area (Å²) in [6, 6.07) is 25.4. The maximum absolute atomic E-state index is 13.6. The van der Waals surface area contributed by atoms with Crippen molar-refractivity contribution < 1.29 is 18.9 Å². The lowest BCUT2D eigenvalue weighted by atomic mass is 10.1. The van der Waals surface area contributed by atoms with Gasteiger partial charge in [-0.05, 0) is 67.2 Å². The quantitative estimate of drug-likeness (QED) is 0.109. The number of amides is 2. The van der Waals surface area contributed by atoms with E-state index in [2.05, 4.69) is 0 Å². The number of carbonyl (C=O) groups is 2. The number of carbonyl (C=O) groups excluding carboxylic acids is 2. The summed E-state index contributed by atoms with van der Waals surface area (Å²) >= 11 is 5.60. The van der Waals surface area contributed by atoms with Crippen molar-refractivity contribution in [3.63, 3.8) is 0 Å². The highest BCUT2D eigenvalue weighted by Gasteiger charge is 2.41. The van der Waals surface area contributed by atoms with Gasteiger partial charge in [0.2, 0.25) is 0 Å². The van der Waals surface area contributed by atoms with Gasteiger partial charge in [0, 0.05) is 17.7 Å². The number of benzene rings is 3. The van der Waals surface area contributed by atoms with Crippen LogP contribution < -0.4 is 9.80 Å². The van der Waals surface area contributed by atoms with Crippen molar-refractivity contribution in [2.45, 2.75) is 6.92 Å². The van der Waals surface area contributed by atoms with E-state index < -0.39 is 16.7 Å². The molecule has 0 atom stereocenters. The number of nitro benzene ring substituents is 1. The zero-order chi connectivity index (χ0) is 26.1. The number of anilines is 2. The average Bonchev–Trinajstić information content (AvgIpc) is 3.36. The minimum absolute atomic E-state index is 0.0388. The molecule has 4 aromatic rings. The predicted molar refractivity (Wildman–Crippen MR) is 144 cm³/mol. The molecule has 182 valence electrons. The van der Waals surface area contributed by atoms with Crippen molar-refractivity contribution in [2.75, 3.05) is 9.80 Å². The average molecular weight is 510 g/mol. The van der Waals surface area contributed by atoms with Crippen molar-refractivity contribution in [3.05, 3.63) is 118 Å². The van der Waals surface area contributed by atoms with E-state index in [9.17, 15) is 19.7 Å². The minimum Gasteiger partial charge on any atom is -0.457 e. The number of hydrogen-bond acceptors (Lipinski definition) is 6. The first-order chi connectivity index (χ1) is 17.8. The molecule has 9 heteroatoms. The Morgan fingerprint density at radius 1 is 0.838 bits per heavy atom. The van der Waals surface area contributed by atoms with E-state index in [1.165, 1.54) is 28.0 Å². The van der Waals surface area contributed by atoms with Gasteiger partial charge in [0.1, 0.15) is 17.1 Å². The highest BCUT2D eigenvalue weighted by atomic mass is 32.1. The number of non-ortho nitro benzene ring substituents is 1. The van der Waals surface area contributed by atoms with E-state index in [1.807, 2.05) is 19.1 Å². The van der Waals surface area contributed by atoms with Gasteiger partial charge in [0.25, 0.3) is 17.5 Å². The third-order valence-corrected chi connectivity index (χ3v) is 6.25. The van der Waals surface area contributed by atoms with Crippen LogP contribution in [0.5, 0.6) is 0 Å². The largest absolute Gasteiger partial charge is 0.457 e. The van der Waals surface area contributed by atoms with Crippen LogP contribution in [0.1, 0.15) is 11.3 Å². The lowest BCUT2D eigenvalue weighted by Crippen LogP contribution is -2.56. The molecule has 0 unspecified atom stereocenters. The van der Waals surface area contributed by atoms with E-state index in [0.717, 1.165) is 5.56 Å². The van der Waals surface area contributed by atoms with Crippen LogP contribution in [0, 0.1) is 17.0 Å². The summed E-state index contributed by atoms with van der Waals surface area (Å²) in [6.07, 6.45) is 1.37. The van der Waals surface area contributed by atoms with Gasteiger partial charge in [-0.25, -0.2) is 0 Å². The standard InChI is InChI=1S/C28H19N3O5S/c1-18-12-13-21(31(34)35)16-23(18)25-15-14-22(36-25)17-24-26(32)29(19-8-4-2-5-9-19)28(37)30(27(24)33)20-10-6-3-7-11-20/h2-17H,1H3. The Bertz CT molecular complexity index is 1510. The molecule has 2 amide bonds. The van der Waals surface area contributed by atoms with Gasteiger partial charge < -0.3 is 4.42 Å². The van der Waals surface area contributed by atoms with Gasteiger partial charge in [-0.1, -0.05) is 42.5 Å². The van der Waals surface area contributed by atoms with Gasteiger partial charge in [-0.2, -0.15) is 0 Å². The maximum Gasteiger partial charge on any atom is 0.270 e. The molecule has 0 spiro atoms. The molecule has 0 aliphatic carbocycles. The highest BCUT2D eigenvalue weighted by molar-refractivity contribution is 7.81. The Kier molecular flexibility index (Phi) is 6.21. The Morgan fingerprint density at radius 2 is 1.41 bits per heavy atom. The lowest BCUT2D eigenvalue weighted by Gasteiger charge is -2.36. The fourth-order valence-corrected chi connectivity index (χ4v) is 4.42. The van der Waals surface area contributed by atoms with Gasteiger partial charge >= 0.3 is 0 Å². The number of aryl methyl sites for hydroxylation is 1. The van der Waals surface area contributed by atoms with Crippen molar-refractivity contribution in [1.82, 2.24) is 0 Å². The van der Waals surface area contributed by atoms with E-state index in [-0.39, 0.29) is 22.1 Å². The SMILES string of the molecule is Cc1ccc([N+](=O)[O-])cc1-c1ccc(C=C2C(=O)N(c3ccccc3)C(=S)N(c3ccccc3)C2=O)o1. The number of furan rings is 1. The van der Waals surface area contributed by atoms with Crippen LogP contribution in [0.2, 0.25) is 0 Å². The first-order valence-electron chi connectivity index (χ1n) is 11.2. The van der Waals surface area contributed by atoms with E-state index in [0.29, 0.717) is 22.7 Å². The summed E-state index contributed by atoms with van der Waals surface area (Å²) in [7, 11) is 0. The molecule has 1 aromatic heterocycles. The summed E-state index contributed by atoms with van der Waals surface area (Å²) in [5.41, 5.74) is 2.14. The Balaban J connectivity index is 1.59. The van der Waals surface area contributed by atoms with Crippen LogP contribution in [-0.4, -0.2) is 21.9 Å². The first kappa shape index (κ1) is 23.8. The number of nitrogens with zero attached hydrogens (tertiary/aromatic N) is 3. The molecular weight excluding hydrogens is 490 g/mol. The topological polar surface area (TPSA) is 96.9 Å². The zero-order valence-corrected chi connectivity index (χ0v) is 20.3. The van der Waals surface area contributed by atoms with Crippen molar-refractivity contribution in [3.8, 4) is 11.3 Å². The third-order valence-electron chi connectivity index (χ3n) is 5.89. The third kappa shape index (κ3) is 4.43. The van der Waals surface area contributed by atoms with Crippen LogP contribution in [0.4, 0.5) is 17.1 Å². The number of nitro groups is 1. The maximum atomic E-state index is 13.6. The predicted octanol–water partition coefficient (Wildman–Crippen LogP) is 5.91. The normalized spacial score (nSPS) is 13.8. The summed E-state index contributed by atoms with van der Waals surface area (Å²) in [4.78, 5) is 40.5. The van der Waals surface area contributed by atoms with Gasteiger partial charge in [0.15, 0.2) is 5.11 Å². The Hall–Kier alpha value is -4.89. The number of thiocarbonyl (C=S) groups is 1. The molecule has 0 bridgehead atoms. The molecule has 0 N–H and O–H groups in total. The van der Waals surface area contributed by atoms with Crippen molar-refractivity contribution in [1.29, 1.82) is 0 Å². The number of hydrogen-bond donors (Lipinski definition) is 0. The van der Waals surface area contributed by atoms with Crippen LogP contribution in [0.25, 0.3) is 17.4 Å². The summed E-state index contributed by atoms with van der Waals surface area (Å²) in [5.74, 6) is -0.554. The molecule has 8 nitrogen and oxygen atoms in total. The van der Waals surface area contributed by atoms with E-state index in [1.54, 1.807) is 66.7 Å². The summed E-state index contributed by atoms with van der Waals surface area (Å²) in [6.45, 7) is 1.81. The van der Waals surface area contributed by atoms with Crippen molar-refractivity contribution in [2.24, 2.45) is 0 Å². The minimum atomic E-state index is -0.585. The second kappa shape index (κ2) is 9.63. The molecule has 1 fully saturated rings. The summed E-state index contributed by atoms with van der Waals surface area (Å²) < 4.78 is 5.92. The second-order valence-electron chi connectivity index (χ2n) is 8.25. The molecule has 1 aliphatic rings. The fourth-order valence-electron chi connectivity index (χ4n) is 4.05. The van der Waals surface area contributed by atoms with Gasteiger partial charge in [-0.15, -0.1) is 0 Å². The molecule has 2 heterocycles. The zero-order valence-electron chi connectivity index (χ0n) is 19.5. The van der Waals surface area contributed by atoms with Gasteiger partial charge in [-0.3, -0.25) is 29.5 Å². The monoisotopic (exact) mass is 509 g/mol. The van der Waals surface area contributed by atoms with Crippen LogP contribution >= 0.6 is 12.2 Å². The molecule has 0 saturated carbocycles. The molecular formula is C28H19N3O5S. The smallest absolute Gasteiger partial charge is 0.270 e. The molecule has 3 aromatic carbocycles. The molecule has 5 rings (SSSR count). The first-order valence-corrected chi connectivity index (χ1v) is 11.7. The number of rotatable bonds is 5. The van der Waals surface area contributed by atoms with Crippen LogP contribution in [0.3, 0.4) is 0 Å².